The van der Waals surface area contributed by atoms with Crippen molar-refractivity contribution in [2.24, 2.45) is 0 Å². The van der Waals surface area contributed by atoms with Crippen molar-refractivity contribution in [1.29, 1.82) is 0 Å². The van der Waals surface area contributed by atoms with E-state index >= 15 is 0 Å². The van der Waals surface area contributed by atoms with Crippen LogP contribution in [0.15, 0.2) is 162 Å². The smallest absolute Gasteiger partial charge is 0.164 e. The van der Waals surface area contributed by atoms with Crippen LogP contribution < -0.4 is 0 Å². The van der Waals surface area contributed by atoms with Crippen molar-refractivity contribution in [3.8, 4) is 56.4 Å². The van der Waals surface area contributed by atoms with Gasteiger partial charge in [0.25, 0.3) is 0 Å². The van der Waals surface area contributed by atoms with E-state index in [0.29, 0.717) is 17.5 Å². The first-order valence-electron chi connectivity index (χ1n) is 16.7. The Balaban J connectivity index is 1.14. The Morgan fingerprint density at radius 1 is 0.449 bits per heavy atom. The number of nitrogens with zero attached hydrogens (tertiary/aromatic N) is 3. The number of hydrogen-bond acceptors (Lipinski definition) is 4. The molecule has 0 unspecified atom stereocenters. The molecule has 0 atom stereocenters. The molecule has 0 bridgehead atoms. The van der Waals surface area contributed by atoms with Gasteiger partial charge in [-0.1, -0.05) is 146 Å². The zero-order valence-electron chi connectivity index (χ0n) is 27.0. The van der Waals surface area contributed by atoms with E-state index in [1.54, 1.807) is 0 Å². The van der Waals surface area contributed by atoms with E-state index in [2.05, 4.69) is 104 Å². The second kappa shape index (κ2) is 12.0. The predicted octanol–water partition coefficient (Wildman–Crippen LogP) is 11.8. The van der Waals surface area contributed by atoms with Gasteiger partial charge in [0.05, 0.1) is 0 Å². The van der Waals surface area contributed by atoms with Crippen LogP contribution in [0.2, 0.25) is 0 Å². The summed E-state index contributed by atoms with van der Waals surface area (Å²) >= 11 is 0. The van der Waals surface area contributed by atoms with Crippen LogP contribution in [0.4, 0.5) is 0 Å². The van der Waals surface area contributed by atoms with Crippen molar-refractivity contribution in [3.63, 3.8) is 0 Å². The van der Waals surface area contributed by atoms with Gasteiger partial charge in [0.2, 0.25) is 0 Å². The third-order valence-electron chi connectivity index (χ3n) is 9.28. The first kappa shape index (κ1) is 28.8. The summed E-state index contributed by atoms with van der Waals surface area (Å²) in [6, 6.07) is 54.7. The lowest BCUT2D eigenvalue weighted by atomic mass is 9.96. The topological polar surface area (TPSA) is 51.8 Å². The van der Waals surface area contributed by atoms with Crippen molar-refractivity contribution >= 4 is 32.7 Å². The molecule has 9 aromatic rings. The van der Waals surface area contributed by atoms with Gasteiger partial charge in [0.15, 0.2) is 17.5 Å². The molecule has 0 saturated carbocycles. The van der Waals surface area contributed by atoms with Gasteiger partial charge in [0, 0.05) is 33.0 Å². The molecule has 0 saturated heterocycles. The Morgan fingerprint density at radius 3 is 1.67 bits per heavy atom. The minimum Gasteiger partial charge on any atom is -0.455 e. The number of hydrogen-bond donors (Lipinski definition) is 0. The normalized spacial score (nSPS) is 11.4. The molecule has 0 amide bonds. The predicted molar refractivity (Wildman–Crippen MR) is 201 cm³/mol. The monoisotopic (exact) mass is 629 g/mol. The lowest BCUT2D eigenvalue weighted by Crippen LogP contribution is -2.00. The molecular weight excluding hydrogens is 599 g/mol. The summed E-state index contributed by atoms with van der Waals surface area (Å²) in [5.41, 5.74) is 10.3. The molecule has 0 aliphatic heterocycles. The minimum atomic E-state index is 0.635. The van der Waals surface area contributed by atoms with Gasteiger partial charge in [-0.05, 0) is 57.6 Å². The molecule has 0 spiro atoms. The van der Waals surface area contributed by atoms with Crippen LogP contribution in [-0.2, 0) is 6.42 Å². The van der Waals surface area contributed by atoms with Gasteiger partial charge in [-0.2, -0.15) is 0 Å². The van der Waals surface area contributed by atoms with Crippen molar-refractivity contribution in [2.75, 3.05) is 0 Å². The molecule has 0 aliphatic carbocycles. The van der Waals surface area contributed by atoms with E-state index in [1.807, 2.05) is 60.7 Å². The fourth-order valence-electron chi connectivity index (χ4n) is 6.75. The molecule has 0 N–H and O–H groups in total. The number of aryl methyl sites for hydroxylation is 1. The third-order valence-corrected chi connectivity index (χ3v) is 9.28. The fraction of sp³-hybridized carbons (Fsp3) is 0.0444. The van der Waals surface area contributed by atoms with Crippen LogP contribution >= 0.6 is 0 Å². The van der Waals surface area contributed by atoms with Crippen LogP contribution in [0.3, 0.4) is 0 Å². The fourth-order valence-corrected chi connectivity index (χ4v) is 6.75. The number of rotatable bonds is 6. The Bertz CT molecular complexity index is 2580. The molecule has 49 heavy (non-hydrogen) atoms. The summed E-state index contributed by atoms with van der Waals surface area (Å²) in [6.07, 6.45) is 0.997. The summed E-state index contributed by atoms with van der Waals surface area (Å²) < 4.78 is 6.62. The third kappa shape index (κ3) is 5.24. The van der Waals surface area contributed by atoms with Crippen molar-refractivity contribution in [3.05, 3.63) is 163 Å². The van der Waals surface area contributed by atoms with Gasteiger partial charge in [-0.3, -0.25) is 0 Å². The highest BCUT2D eigenvalue weighted by Gasteiger charge is 2.16. The highest BCUT2D eigenvalue weighted by molar-refractivity contribution is 6.20. The number of furan rings is 1. The van der Waals surface area contributed by atoms with E-state index in [9.17, 15) is 0 Å². The Hall–Kier alpha value is -6.39. The first-order chi connectivity index (χ1) is 24.2. The van der Waals surface area contributed by atoms with Gasteiger partial charge >= 0.3 is 0 Å². The zero-order chi connectivity index (χ0) is 32.7. The van der Waals surface area contributed by atoms with Gasteiger partial charge in [-0.15, -0.1) is 0 Å². The SMILES string of the molecule is CCc1ccc2ccc3oc4c(-c5cccc(-c6cccc(-c7nc(-c8ccccc8)nc(-c8ccccc8)n7)c6)c5)cccc4c3c2c1. The molecule has 0 fully saturated rings. The standard InChI is InChI=1S/C45H31N3O/c1-2-29-22-23-30-24-25-40-41(39(30)26-29)38-21-11-20-37(42(38)49-40)35-18-9-16-33(27-35)34-17-10-19-36(28-34)45-47-43(31-12-5-3-6-13-31)46-44(48-45)32-14-7-4-8-15-32/h3-28H,2H2,1H3. The van der Waals surface area contributed by atoms with Crippen LogP contribution in [0.25, 0.3) is 89.1 Å². The summed E-state index contributed by atoms with van der Waals surface area (Å²) in [7, 11) is 0. The second-order valence-electron chi connectivity index (χ2n) is 12.3. The summed E-state index contributed by atoms with van der Waals surface area (Å²) in [4.78, 5) is 14.8. The average molecular weight is 630 g/mol. The number of aromatic nitrogens is 3. The van der Waals surface area contributed by atoms with E-state index in [-0.39, 0.29) is 0 Å². The lowest BCUT2D eigenvalue weighted by Gasteiger charge is -2.10. The minimum absolute atomic E-state index is 0.635. The van der Waals surface area contributed by atoms with Crippen LogP contribution in [0.5, 0.6) is 0 Å². The molecule has 4 nitrogen and oxygen atoms in total. The summed E-state index contributed by atoms with van der Waals surface area (Å²) in [5.74, 6) is 1.93. The second-order valence-corrected chi connectivity index (χ2v) is 12.3. The maximum Gasteiger partial charge on any atom is 0.164 e. The molecule has 4 heteroatoms. The highest BCUT2D eigenvalue weighted by Crippen LogP contribution is 2.40. The molecule has 2 heterocycles. The lowest BCUT2D eigenvalue weighted by molar-refractivity contribution is 0.670. The van der Waals surface area contributed by atoms with Crippen molar-refractivity contribution in [1.82, 2.24) is 15.0 Å². The van der Waals surface area contributed by atoms with Crippen LogP contribution in [-0.4, -0.2) is 15.0 Å². The molecule has 9 rings (SSSR count). The molecule has 7 aromatic carbocycles. The quantitative estimate of drug-likeness (QED) is 0.184. The van der Waals surface area contributed by atoms with Gasteiger partial charge in [0.1, 0.15) is 11.2 Å². The maximum atomic E-state index is 6.62. The largest absolute Gasteiger partial charge is 0.455 e. The zero-order valence-corrected chi connectivity index (χ0v) is 27.0. The Labute approximate surface area is 284 Å². The first-order valence-corrected chi connectivity index (χ1v) is 16.7. The molecule has 0 radical (unpaired) electrons. The number of para-hydroxylation sites is 1. The van der Waals surface area contributed by atoms with E-state index in [4.69, 9.17) is 19.4 Å². The summed E-state index contributed by atoms with van der Waals surface area (Å²) in [6.45, 7) is 2.20. The van der Waals surface area contributed by atoms with Crippen molar-refractivity contribution < 1.29 is 4.42 Å². The molecule has 0 aliphatic rings. The highest BCUT2D eigenvalue weighted by atomic mass is 16.3. The Morgan fingerprint density at radius 2 is 1.00 bits per heavy atom. The molecule has 2 aromatic heterocycles. The molecule has 232 valence electrons. The van der Waals surface area contributed by atoms with Crippen LogP contribution in [0.1, 0.15) is 12.5 Å². The van der Waals surface area contributed by atoms with E-state index in [0.717, 1.165) is 61.9 Å². The van der Waals surface area contributed by atoms with Gasteiger partial charge in [-0.25, -0.2) is 15.0 Å². The van der Waals surface area contributed by atoms with Crippen LogP contribution in [0, 0.1) is 0 Å². The van der Waals surface area contributed by atoms with E-state index in [1.165, 1.54) is 21.7 Å². The maximum absolute atomic E-state index is 6.62. The molecular formula is C45H31N3O. The van der Waals surface area contributed by atoms with Crippen molar-refractivity contribution in [2.45, 2.75) is 13.3 Å². The summed E-state index contributed by atoms with van der Waals surface area (Å²) in [5, 5.41) is 4.78. The van der Waals surface area contributed by atoms with E-state index < -0.39 is 0 Å². The average Bonchev–Trinajstić information content (AvgIpc) is 3.58. The Kier molecular flexibility index (Phi) is 7.06. The van der Waals surface area contributed by atoms with Gasteiger partial charge < -0.3 is 4.42 Å². The number of fused-ring (bicyclic) bond motifs is 5. The number of benzene rings is 7.